The van der Waals surface area contributed by atoms with Crippen molar-refractivity contribution in [3.05, 3.63) is 46.7 Å². The van der Waals surface area contributed by atoms with E-state index in [0.29, 0.717) is 18.8 Å². The maximum Gasteiger partial charge on any atom is 0.272 e. The van der Waals surface area contributed by atoms with Gasteiger partial charge in [-0.1, -0.05) is 0 Å². The summed E-state index contributed by atoms with van der Waals surface area (Å²) in [6.07, 6.45) is 4.47. The second-order valence-corrected chi connectivity index (χ2v) is 5.13. The van der Waals surface area contributed by atoms with Crippen LogP contribution >= 0.6 is 0 Å². The fourth-order valence-electron chi connectivity index (χ4n) is 2.75. The smallest absolute Gasteiger partial charge is 0.272 e. The number of hydrogen-bond acceptors (Lipinski definition) is 5. The average molecular weight is 294 g/mol. The Morgan fingerprint density at radius 3 is 2.48 bits per heavy atom. The van der Waals surface area contributed by atoms with Crippen molar-refractivity contribution in [2.45, 2.75) is 19.1 Å². The summed E-state index contributed by atoms with van der Waals surface area (Å²) in [4.78, 5) is 11.9. The average Bonchev–Trinajstić information content (AvgIpc) is 3.01. The molecule has 0 spiro atoms. The summed E-state index contributed by atoms with van der Waals surface area (Å²) < 4.78 is 24.6. The van der Waals surface area contributed by atoms with Crippen molar-refractivity contribution in [1.82, 2.24) is 0 Å². The third-order valence-electron chi connectivity index (χ3n) is 3.89. The van der Waals surface area contributed by atoms with Gasteiger partial charge in [0, 0.05) is 25.1 Å². The largest absolute Gasteiger partial charge is 0.459 e. The van der Waals surface area contributed by atoms with Gasteiger partial charge in [-0.15, -0.1) is 0 Å². The van der Waals surface area contributed by atoms with Crippen molar-refractivity contribution < 1.29 is 18.8 Å². The number of anilines is 1. The Kier molecular flexibility index (Phi) is 3.64. The molecule has 1 aromatic rings. The molecule has 2 aliphatic rings. The highest BCUT2D eigenvalue weighted by molar-refractivity contribution is 5.52. The van der Waals surface area contributed by atoms with Crippen LogP contribution in [0.15, 0.2) is 30.7 Å². The topological polar surface area (TPSA) is 64.8 Å². The Labute approximate surface area is 120 Å². The number of piperidine rings is 1. The number of rotatable bonds is 3. The van der Waals surface area contributed by atoms with Gasteiger partial charge in [-0.2, -0.15) is 0 Å². The zero-order valence-electron chi connectivity index (χ0n) is 11.3. The fraction of sp³-hybridized carbons (Fsp3) is 0.429. The molecular formula is C14H15FN2O4. The standard InChI is InChI=1S/C14H15FN2O4/c15-12-9-11(17(18)19)1-2-13(12)16-5-3-10(4-6-16)14-20-7-8-21-14/h1-2,7-10,14H,3-6H2. The highest BCUT2D eigenvalue weighted by Gasteiger charge is 2.30. The third kappa shape index (κ3) is 2.76. The summed E-state index contributed by atoms with van der Waals surface area (Å²) in [7, 11) is 0. The quantitative estimate of drug-likeness (QED) is 0.633. The van der Waals surface area contributed by atoms with E-state index in [1.165, 1.54) is 24.7 Å². The maximum absolute atomic E-state index is 14.0. The molecule has 6 nitrogen and oxygen atoms in total. The zero-order valence-corrected chi connectivity index (χ0v) is 11.3. The molecule has 0 radical (unpaired) electrons. The minimum Gasteiger partial charge on any atom is -0.459 e. The molecule has 0 amide bonds. The maximum atomic E-state index is 14.0. The van der Waals surface area contributed by atoms with Crippen LogP contribution in [0.1, 0.15) is 12.8 Å². The molecule has 0 saturated carbocycles. The molecule has 0 unspecified atom stereocenters. The second kappa shape index (κ2) is 5.59. The fourth-order valence-corrected chi connectivity index (χ4v) is 2.75. The lowest BCUT2D eigenvalue weighted by atomic mass is 9.95. The van der Waals surface area contributed by atoms with E-state index in [9.17, 15) is 14.5 Å². The van der Waals surface area contributed by atoms with E-state index in [4.69, 9.17) is 9.47 Å². The predicted octanol–water partition coefficient (Wildman–Crippen LogP) is 2.79. The molecule has 0 N–H and O–H groups in total. The van der Waals surface area contributed by atoms with Crippen LogP contribution in [0.25, 0.3) is 0 Å². The van der Waals surface area contributed by atoms with Crippen LogP contribution in [-0.2, 0) is 9.47 Å². The van der Waals surface area contributed by atoms with Crippen molar-refractivity contribution in [2.24, 2.45) is 5.92 Å². The van der Waals surface area contributed by atoms with Gasteiger partial charge >= 0.3 is 0 Å². The summed E-state index contributed by atoms with van der Waals surface area (Å²) in [5.74, 6) is -0.282. The normalized spacial score (nSPS) is 19.4. The van der Waals surface area contributed by atoms with Crippen LogP contribution in [0.5, 0.6) is 0 Å². The Balaban J connectivity index is 1.65. The molecule has 21 heavy (non-hydrogen) atoms. The first-order valence-corrected chi connectivity index (χ1v) is 6.80. The van der Waals surface area contributed by atoms with E-state index < -0.39 is 10.7 Å². The predicted molar refractivity (Wildman–Crippen MR) is 73.1 cm³/mol. The molecule has 1 aromatic carbocycles. The van der Waals surface area contributed by atoms with Gasteiger partial charge in [0.15, 0.2) is 5.82 Å². The van der Waals surface area contributed by atoms with Gasteiger partial charge in [0.25, 0.3) is 5.69 Å². The van der Waals surface area contributed by atoms with E-state index >= 15 is 0 Å². The number of hydrogen-bond donors (Lipinski definition) is 0. The van der Waals surface area contributed by atoms with Gasteiger partial charge < -0.3 is 14.4 Å². The molecule has 0 aliphatic carbocycles. The third-order valence-corrected chi connectivity index (χ3v) is 3.89. The molecule has 2 aliphatic heterocycles. The van der Waals surface area contributed by atoms with Crippen LogP contribution < -0.4 is 4.90 Å². The summed E-state index contributed by atoms with van der Waals surface area (Å²) in [5, 5.41) is 10.6. The number of nitro benzene ring substituents is 1. The van der Waals surface area contributed by atoms with Gasteiger partial charge in [-0.3, -0.25) is 10.1 Å². The minimum atomic E-state index is -0.596. The molecule has 3 rings (SSSR count). The molecule has 112 valence electrons. The van der Waals surface area contributed by atoms with Gasteiger partial charge in [-0.05, 0) is 18.9 Å². The van der Waals surface area contributed by atoms with Crippen molar-refractivity contribution in [3.63, 3.8) is 0 Å². The first-order chi connectivity index (χ1) is 10.1. The highest BCUT2D eigenvalue weighted by Crippen LogP contribution is 2.31. The van der Waals surface area contributed by atoms with Crippen molar-refractivity contribution in [3.8, 4) is 0 Å². The summed E-state index contributed by atoms with van der Waals surface area (Å²) in [6.45, 7) is 1.34. The monoisotopic (exact) mass is 294 g/mol. The number of non-ortho nitro benzene ring substituents is 1. The molecular weight excluding hydrogens is 279 g/mol. The molecule has 1 fully saturated rings. The van der Waals surface area contributed by atoms with E-state index in [2.05, 4.69) is 0 Å². The molecule has 1 saturated heterocycles. The highest BCUT2D eigenvalue weighted by atomic mass is 19.1. The summed E-state index contributed by atoms with van der Waals surface area (Å²) in [6, 6.07) is 3.77. The summed E-state index contributed by atoms with van der Waals surface area (Å²) >= 11 is 0. The first-order valence-electron chi connectivity index (χ1n) is 6.80. The van der Waals surface area contributed by atoms with Crippen LogP contribution in [-0.4, -0.2) is 24.3 Å². The number of nitrogens with zero attached hydrogens (tertiary/aromatic N) is 2. The van der Waals surface area contributed by atoms with E-state index in [-0.39, 0.29) is 17.9 Å². The van der Waals surface area contributed by atoms with E-state index in [0.717, 1.165) is 18.9 Å². The zero-order chi connectivity index (χ0) is 14.8. The molecule has 0 bridgehead atoms. The molecule has 7 heteroatoms. The SMILES string of the molecule is O=[N+]([O-])c1ccc(N2CCC(C3OC=CO3)CC2)c(F)c1. The van der Waals surface area contributed by atoms with Crippen molar-refractivity contribution >= 4 is 11.4 Å². The molecule has 0 atom stereocenters. The van der Waals surface area contributed by atoms with Crippen molar-refractivity contribution in [2.75, 3.05) is 18.0 Å². The Morgan fingerprint density at radius 2 is 1.90 bits per heavy atom. The lowest BCUT2D eigenvalue weighted by molar-refractivity contribution is -0.385. The Morgan fingerprint density at radius 1 is 1.24 bits per heavy atom. The number of ether oxygens (including phenoxy) is 2. The van der Waals surface area contributed by atoms with Gasteiger partial charge in [0.05, 0.1) is 16.7 Å². The molecule has 0 aromatic heterocycles. The Hall–Kier alpha value is -2.31. The van der Waals surface area contributed by atoms with Crippen molar-refractivity contribution in [1.29, 1.82) is 0 Å². The molecule has 2 heterocycles. The summed E-state index contributed by atoms with van der Waals surface area (Å²) in [5.41, 5.74) is 0.176. The number of nitro groups is 1. The van der Waals surface area contributed by atoms with E-state index in [1.54, 1.807) is 0 Å². The lowest BCUT2D eigenvalue weighted by Crippen LogP contribution is -2.38. The minimum absolute atomic E-state index is 0.232. The van der Waals surface area contributed by atoms with Gasteiger partial charge in [-0.25, -0.2) is 4.39 Å². The number of benzene rings is 1. The second-order valence-electron chi connectivity index (χ2n) is 5.13. The van der Waals surface area contributed by atoms with Crippen LogP contribution in [0.3, 0.4) is 0 Å². The first kappa shape index (κ1) is 13.7. The van der Waals surface area contributed by atoms with Crippen LogP contribution in [0.4, 0.5) is 15.8 Å². The lowest BCUT2D eigenvalue weighted by Gasteiger charge is -2.35. The van der Waals surface area contributed by atoms with Gasteiger partial charge in [0.1, 0.15) is 12.5 Å². The van der Waals surface area contributed by atoms with E-state index in [1.807, 2.05) is 4.90 Å². The van der Waals surface area contributed by atoms with Crippen LogP contribution in [0, 0.1) is 21.8 Å². The Bertz CT molecular complexity index is 562. The van der Waals surface area contributed by atoms with Crippen LogP contribution in [0.2, 0.25) is 0 Å². The van der Waals surface area contributed by atoms with Gasteiger partial charge in [0.2, 0.25) is 6.29 Å². The number of halogens is 1.